The average molecular weight is 357 g/mol. The summed E-state index contributed by atoms with van der Waals surface area (Å²) >= 11 is 0. The summed E-state index contributed by atoms with van der Waals surface area (Å²) in [6.07, 6.45) is 2.35. The predicted octanol–water partition coefficient (Wildman–Crippen LogP) is 1.26. The standard InChI is InChI=1S/C21H32N4O/c26-21(25-8-6-19-14-22-15-20(19)7-9-25)17-24-12-10-23(11-13-24)16-18-4-2-1-3-5-18/h1-5,19-20,22H,6-17H2/t19-,20+. The van der Waals surface area contributed by atoms with E-state index in [1.165, 1.54) is 18.4 Å². The molecule has 0 aliphatic carbocycles. The van der Waals surface area contributed by atoms with Crippen LogP contribution in [0.3, 0.4) is 0 Å². The third-order valence-electron chi connectivity index (χ3n) is 6.44. The van der Waals surface area contributed by atoms with Gasteiger partial charge in [-0.05, 0) is 43.3 Å². The van der Waals surface area contributed by atoms with Gasteiger partial charge < -0.3 is 10.2 Å². The minimum atomic E-state index is 0.342. The molecule has 5 nitrogen and oxygen atoms in total. The van der Waals surface area contributed by atoms with Crippen LogP contribution in [0.5, 0.6) is 0 Å². The number of benzene rings is 1. The summed E-state index contributed by atoms with van der Waals surface area (Å²) in [7, 11) is 0. The normalized spacial score (nSPS) is 27.9. The van der Waals surface area contributed by atoms with E-state index < -0.39 is 0 Å². The molecule has 26 heavy (non-hydrogen) atoms. The zero-order valence-electron chi connectivity index (χ0n) is 15.8. The SMILES string of the molecule is O=C(CN1CCN(Cc2ccccc2)CC1)N1CC[C@@H]2CNC[C@@H]2CC1. The van der Waals surface area contributed by atoms with Crippen molar-refractivity contribution >= 4 is 5.91 Å². The van der Waals surface area contributed by atoms with E-state index in [9.17, 15) is 4.79 Å². The summed E-state index contributed by atoms with van der Waals surface area (Å²) in [5.41, 5.74) is 1.38. The molecule has 0 spiro atoms. The van der Waals surface area contributed by atoms with E-state index >= 15 is 0 Å². The average Bonchev–Trinajstić information content (AvgIpc) is 3.02. The molecule has 0 bridgehead atoms. The molecule has 3 aliphatic rings. The van der Waals surface area contributed by atoms with E-state index in [-0.39, 0.29) is 0 Å². The third kappa shape index (κ3) is 4.45. The van der Waals surface area contributed by atoms with Crippen molar-refractivity contribution in [3.8, 4) is 0 Å². The molecule has 2 atom stereocenters. The fourth-order valence-electron chi connectivity index (χ4n) is 4.71. The van der Waals surface area contributed by atoms with E-state index in [1.54, 1.807) is 0 Å². The summed E-state index contributed by atoms with van der Waals surface area (Å²) in [5, 5.41) is 3.51. The lowest BCUT2D eigenvalue weighted by Gasteiger charge is -2.35. The van der Waals surface area contributed by atoms with Crippen LogP contribution in [0.15, 0.2) is 30.3 Å². The molecule has 0 radical (unpaired) electrons. The number of piperazine rings is 1. The quantitative estimate of drug-likeness (QED) is 0.882. The van der Waals surface area contributed by atoms with Crippen molar-refractivity contribution in [2.24, 2.45) is 11.8 Å². The molecule has 3 heterocycles. The minimum Gasteiger partial charge on any atom is -0.342 e. The number of nitrogens with zero attached hydrogens (tertiary/aromatic N) is 3. The molecule has 1 N–H and O–H groups in total. The van der Waals surface area contributed by atoms with Gasteiger partial charge in [-0.1, -0.05) is 30.3 Å². The first-order valence-corrected chi connectivity index (χ1v) is 10.2. The Labute approximate surface area is 157 Å². The third-order valence-corrected chi connectivity index (χ3v) is 6.44. The molecule has 0 unspecified atom stereocenters. The Morgan fingerprint density at radius 3 is 2.15 bits per heavy atom. The van der Waals surface area contributed by atoms with Crippen molar-refractivity contribution in [1.29, 1.82) is 0 Å². The van der Waals surface area contributed by atoms with E-state index in [2.05, 4.69) is 50.3 Å². The predicted molar refractivity (Wildman–Crippen MR) is 104 cm³/mol. The minimum absolute atomic E-state index is 0.342. The van der Waals surface area contributed by atoms with Gasteiger partial charge in [-0.25, -0.2) is 0 Å². The van der Waals surface area contributed by atoms with Crippen LogP contribution in [0, 0.1) is 11.8 Å². The number of hydrogen-bond donors (Lipinski definition) is 1. The van der Waals surface area contributed by atoms with Gasteiger partial charge in [-0.15, -0.1) is 0 Å². The molecule has 1 aromatic carbocycles. The lowest BCUT2D eigenvalue weighted by Crippen LogP contribution is -2.49. The van der Waals surface area contributed by atoms with Crippen LogP contribution in [0.2, 0.25) is 0 Å². The molecule has 142 valence electrons. The van der Waals surface area contributed by atoms with Gasteiger partial charge in [0.15, 0.2) is 0 Å². The number of nitrogens with one attached hydrogen (secondary N) is 1. The molecule has 0 aromatic heterocycles. The second-order valence-electron chi connectivity index (χ2n) is 8.17. The molecule has 4 rings (SSSR count). The molecule has 1 amide bonds. The highest BCUT2D eigenvalue weighted by Gasteiger charge is 2.32. The van der Waals surface area contributed by atoms with Crippen molar-refractivity contribution in [2.45, 2.75) is 19.4 Å². The summed E-state index contributed by atoms with van der Waals surface area (Å²) in [6.45, 7) is 9.94. The number of likely N-dealkylation sites (tertiary alicyclic amines) is 1. The second kappa shape index (κ2) is 8.51. The maximum Gasteiger partial charge on any atom is 0.236 e. The van der Waals surface area contributed by atoms with Crippen molar-refractivity contribution in [1.82, 2.24) is 20.0 Å². The highest BCUT2D eigenvalue weighted by molar-refractivity contribution is 5.78. The summed E-state index contributed by atoms with van der Waals surface area (Å²) < 4.78 is 0. The highest BCUT2D eigenvalue weighted by Crippen LogP contribution is 2.27. The van der Waals surface area contributed by atoms with E-state index in [4.69, 9.17) is 0 Å². The summed E-state index contributed by atoms with van der Waals surface area (Å²) in [5.74, 6) is 1.91. The number of carbonyl (C=O) groups excluding carboxylic acids is 1. The number of hydrogen-bond acceptors (Lipinski definition) is 4. The van der Waals surface area contributed by atoms with Gasteiger partial charge in [-0.2, -0.15) is 0 Å². The topological polar surface area (TPSA) is 38.8 Å². The number of fused-ring (bicyclic) bond motifs is 1. The van der Waals surface area contributed by atoms with E-state index in [0.717, 1.165) is 70.7 Å². The van der Waals surface area contributed by atoms with Gasteiger partial charge in [0.1, 0.15) is 0 Å². The van der Waals surface area contributed by atoms with Gasteiger partial charge in [0, 0.05) is 45.8 Å². The lowest BCUT2D eigenvalue weighted by atomic mass is 9.92. The van der Waals surface area contributed by atoms with E-state index in [0.29, 0.717) is 12.5 Å². The largest absolute Gasteiger partial charge is 0.342 e. The van der Waals surface area contributed by atoms with Gasteiger partial charge in [0.25, 0.3) is 0 Å². The van der Waals surface area contributed by atoms with Gasteiger partial charge in [-0.3, -0.25) is 14.6 Å². The van der Waals surface area contributed by atoms with Gasteiger partial charge in [0.2, 0.25) is 5.91 Å². The van der Waals surface area contributed by atoms with Crippen molar-refractivity contribution in [3.05, 3.63) is 35.9 Å². The molecular formula is C21H32N4O. The Hall–Kier alpha value is -1.43. The van der Waals surface area contributed by atoms with Crippen LogP contribution in [-0.4, -0.2) is 79.5 Å². The van der Waals surface area contributed by atoms with Crippen LogP contribution in [0.1, 0.15) is 18.4 Å². The van der Waals surface area contributed by atoms with Gasteiger partial charge >= 0.3 is 0 Å². The first-order chi connectivity index (χ1) is 12.8. The van der Waals surface area contributed by atoms with Gasteiger partial charge in [0.05, 0.1) is 6.54 Å². The Kier molecular flexibility index (Phi) is 5.88. The molecule has 5 heteroatoms. The summed E-state index contributed by atoms with van der Waals surface area (Å²) in [6, 6.07) is 10.7. The molecule has 3 aliphatic heterocycles. The summed E-state index contributed by atoms with van der Waals surface area (Å²) in [4.78, 5) is 19.7. The lowest BCUT2D eigenvalue weighted by molar-refractivity contribution is -0.132. The Balaban J connectivity index is 1.21. The van der Waals surface area contributed by atoms with Crippen LogP contribution in [0.25, 0.3) is 0 Å². The zero-order valence-corrected chi connectivity index (χ0v) is 15.8. The number of rotatable bonds is 4. The van der Waals surface area contributed by atoms with Crippen LogP contribution >= 0.6 is 0 Å². The molecular weight excluding hydrogens is 324 g/mol. The number of amides is 1. The van der Waals surface area contributed by atoms with Crippen LogP contribution in [-0.2, 0) is 11.3 Å². The second-order valence-corrected chi connectivity index (χ2v) is 8.17. The highest BCUT2D eigenvalue weighted by atomic mass is 16.2. The fraction of sp³-hybridized carbons (Fsp3) is 0.667. The monoisotopic (exact) mass is 356 g/mol. The molecule has 1 aromatic rings. The van der Waals surface area contributed by atoms with E-state index in [1.807, 2.05) is 0 Å². The first kappa shape index (κ1) is 18.0. The number of carbonyl (C=O) groups is 1. The smallest absolute Gasteiger partial charge is 0.236 e. The maximum absolute atomic E-state index is 12.8. The molecule has 0 saturated carbocycles. The maximum atomic E-state index is 12.8. The Morgan fingerprint density at radius 2 is 1.50 bits per heavy atom. The molecule has 3 saturated heterocycles. The first-order valence-electron chi connectivity index (χ1n) is 10.2. The van der Waals surface area contributed by atoms with Crippen molar-refractivity contribution in [3.63, 3.8) is 0 Å². The zero-order chi connectivity index (χ0) is 17.8. The van der Waals surface area contributed by atoms with Crippen LogP contribution < -0.4 is 5.32 Å². The Bertz CT molecular complexity index is 571. The van der Waals surface area contributed by atoms with Crippen LogP contribution in [0.4, 0.5) is 0 Å². The van der Waals surface area contributed by atoms with Crippen molar-refractivity contribution in [2.75, 3.05) is 58.9 Å². The molecule has 3 fully saturated rings. The Morgan fingerprint density at radius 1 is 0.885 bits per heavy atom. The fourth-order valence-corrected chi connectivity index (χ4v) is 4.71. The van der Waals surface area contributed by atoms with Crippen molar-refractivity contribution < 1.29 is 4.79 Å².